The van der Waals surface area contributed by atoms with Crippen LogP contribution in [0.25, 0.3) is 0 Å². The van der Waals surface area contributed by atoms with E-state index in [2.05, 4.69) is 24.1 Å². The molecule has 1 saturated carbocycles. The zero-order valence-corrected chi connectivity index (χ0v) is 10.3. The Bertz CT molecular complexity index is 193. The molecule has 0 aromatic carbocycles. The lowest BCUT2D eigenvalue weighted by Gasteiger charge is -2.24. The summed E-state index contributed by atoms with van der Waals surface area (Å²) in [6.45, 7) is 8.45. The first-order chi connectivity index (χ1) is 7.29. The minimum Gasteiger partial charge on any atom is -0.312 e. The van der Waals surface area contributed by atoms with Crippen LogP contribution in [0.3, 0.4) is 0 Å². The van der Waals surface area contributed by atoms with E-state index in [0.29, 0.717) is 0 Å². The minimum atomic E-state index is 0.819. The van der Waals surface area contributed by atoms with Crippen LogP contribution in [-0.2, 0) is 0 Å². The first kappa shape index (κ1) is 11.4. The van der Waals surface area contributed by atoms with Crippen molar-refractivity contribution in [3.8, 4) is 0 Å². The molecule has 1 aliphatic heterocycles. The van der Waals surface area contributed by atoms with Crippen molar-refractivity contribution in [2.75, 3.05) is 19.6 Å². The second-order valence-electron chi connectivity index (χ2n) is 5.45. The highest BCUT2D eigenvalue weighted by Gasteiger charge is 2.25. The van der Waals surface area contributed by atoms with E-state index in [0.717, 1.165) is 18.0 Å². The summed E-state index contributed by atoms with van der Waals surface area (Å²) in [5, 5.41) is 3.78. The first-order valence-corrected chi connectivity index (χ1v) is 6.77. The summed E-state index contributed by atoms with van der Waals surface area (Å²) in [4.78, 5) is 2.63. The molecule has 2 rings (SSSR count). The van der Waals surface area contributed by atoms with Crippen molar-refractivity contribution in [2.24, 2.45) is 5.92 Å². The quantitative estimate of drug-likeness (QED) is 0.765. The molecule has 1 N–H and O–H groups in total. The number of nitrogens with zero attached hydrogens (tertiary/aromatic N) is 1. The van der Waals surface area contributed by atoms with Crippen molar-refractivity contribution in [3.63, 3.8) is 0 Å². The molecule has 1 saturated heterocycles. The standard InChI is InChI=1S/C13H26N2/c1-3-15-8-4-5-13(15)10-14-12-7-6-11(2)9-12/h11-14H,3-10H2,1-2H3/t11-,12+,13-/m1/s1. The second-order valence-corrected chi connectivity index (χ2v) is 5.45. The maximum atomic E-state index is 3.78. The number of hydrogen-bond acceptors (Lipinski definition) is 2. The molecule has 0 amide bonds. The van der Waals surface area contributed by atoms with Crippen LogP contribution in [0, 0.1) is 5.92 Å². The van der Waals surface area contributed by atoms with Gasteiger partial charge >= 0.3 is 0 Å². The summed E-state index contributed by atoms with van der Waals surface area (Å²) in [6.07, 6.45) is 7.04. The molecule has 0 spiro atoms. The van der Waals surface area contributed by atoms with Gasteiger partial charge < -0.3 is 5.32 Å². The average molecular weight is 210 g/mol. The Morgan fingerprint density at radius 3 is 2.80 bits per heavy atom. The molecular formula is C13H26N2. The summed E-state index contributed by atoms with van der Waals surface area (Å²) in [5.74, 6) is 0.952. The van der Waals surface area contributed by atoms with Gasteiger partial charge in [-0.2, -0.15) is 0 Å². The topological polar surface area (TPSA) is 15.3 Å². The van der Waals surface area contributed by atoms with Crippen LogP contribution in [0.5, 0.6) is 0 Å². The van der Waals surface area contributed by atoms with Gasteiger partial charge in [0.15, 0.2) is 0 Å². The molecule has 88 valence electrons. The van der Waals surface area contributed by atoms with Crippen molar-refractivity contribution in [3.05, 3.63) is 0 Å². The Morgan fingerprint density at radius 2 is 2.13 bits per heavy atom. The first-order valence-electron chi connectivity index (χ1n) is 6.77. The number of rotatable bonds is 4. The van der Waals surface area contributed by atoms with E-state index in [4.69, 9.17) is 0 Å². The van der Waals surface area contributed by atoms with Gasteiger partial charge in [0, 0.05) is 18.6 Å². The average Bonchev–Trinajstić information content (AvgIpc) is 2.83. The van der Waals surface area contributed by atoms with E-state index >= 15 is 0 Å². The van der Waals surface area contributed by atoms with Crippen LogP contribution in [0.2, 0.25) is 0 Å². The largest absolute Gasteiger partial charge is 0.312 e. The zero-order chi connectivity index (χ0) is 10.7. The second kappa shape index (κ2) is 5.31. The van der Waals surface area contributed by atoms with Gasteiger partial charge in [-0.25, -0.2) is 0 Å². The predicted molar refractivity (Wildman–Crippen MR) is 65.1 cm³/mol. The molecular weight excluding hydrogens is 184 g/mol. The fourth-order valence-electron chi connectivity index (χ4n) is 3.24. The SMILES string of the molecule is CCN1CCC[C@@H]1CN[C@H]1CC[C@@H](C)C1. The van der Waals surface area contributed by atoms with Gasteiger partial charge in [-0.05, 0) is 51.1 Å². The number of likely N-dealkylation sites (N-methyl/N-ethyl adjacent to an activating group) is 1. The predicted octanol–water partition coefficient (Wildman–Crippen LogP) is 2.25. The molecule has 2 heteroatoms. The van der Waals surface area contributed by atoms with E-state index in [-0.39, 0.29) is 0 Å². The van der Waals surface area contributed by atoms with Crippen LogP contribution >= 0.6 is 0 Å². The third-order valence-corrected chi connectivity index (χ3v) is 4.24. The molecule has 0 bridgehead atoms. The Morgan fingerprint density at radius 1 is 1.27 bits per heavy atom. The minimum absolute atomic E-state index is 0.819. The summed E-state index contributed by atoms with van der Waals surface area (Å²) in [6, 6.07) is 1.64. The fourth-order valence-corrected chi connectivity index (χ4v) is 3.24. The molecule has 2 fully saturated rings. The highest BCUT2D eigenvalue weighted by Crippen LogP contribution is 2.25. The van der Waals surface area contributed by atoms with Gasteiger partial charge in [-0.1, -0.05) is 13.8 Å². The maximum absolute atomic E-state index is 3.78. The van der Waals surface area contributed by atoms with Crippen LogP contribution in [0.4, 0.5) is 0 Å². The lowest BCUT2D eigenvalue weighted by Crippen LogP contribution is -2.41. The monoisotopic (exact) mass is 210 g/mol. The molecule has 1 aliphatic carbocycles. The van der Waals surface area contributed by atoms with Crippen molar-refractivity contribution >= 4 is 0 Å². The van der Waals surface area contributed by atoms with E-state index in [9.17, 15) is 0 Å². The fraction of sp³-hybridized carbons (Fsp3) is 1.00. The summed E-state index contributed by atoms with van der Waals surface area (Å²) in [7, 11) is 0. The lowest BCUT2D eigenvalue weighted by atomic mass is 10.1. The highest BCUT2D eigenvalue weighted by molar-refractivity contribution is 4.84. The van der Waals surface area contributed by atoms with Gasteiger partial charge in [-0.15, -0.1) is 0 Å². The Balaban J connectivity index is 1.68. The normalized spacial score (nSPS) is 37.6. The molecule has 0 aromatic heterocycles. The van der Waals surface area contributed by atoms with Gasteiger partial charge in [0.05, 0.1) is 0 Å². The zero-order valence-electron chi connectivity index (χ0n) is 10.3. The van der Waals surface area contributed by atoms with Crippen LogP contribution in [0.15, 0.2) is 0 Å². The van der Waals surface area contributed by atoms with Crippen LogP contribution in [0.1, 0.15) is 46.0 Å². The number of likely N-dealkylation sites (tertiary alicyclic amines) is 1. The third-order valence-electron chi connectivity index (χ3n) is 4.24. The van der Waals surface area contributed by atoms with Crippen LogP contribution in [-0.4, -0.2) is 36.6 Å². The van der Waals surface area contributed by atoms with E-state index < -0.39 is 0 Å². The van der Waals surface area contributed by atoms with Crippen molar-refractivity contribution < 1.29 is 0 Å². The molecule has 15 heavy (non-hydrogen) atoms. The third kappa shape index (κ3) is 2.94. The van der Waals surface area contributed by atoms with E-state index in [1.54, 1.807) is 0 Å². The molecule has 2 aliphatic rings. The Labute approximate surface area is 94.4 Å². The molecule has 2 nitrogen and oxygen atoms in total. The molecule has 0 aromatic rings. The van der Waals surface area contributed by atoms with Gasteiger partial charge in [0.2, 0.25) is 0 Å². The van der Waals surface area contributed by atoms with Gasteiger partial charge in [-0.3, -0.25) is 4.90 Å². The van der Waals surface area contributed by atoms with E-state index in [1.165, 1.54) is 51.7 Å². The molecule has 3 atom stereocenters. The molecule has 0 radical (unpaired) electrons. The van der Waals surface area contributed by atoms with Crippen molar-refractivity contribution in [1.29, 1.82) is 0 Å². The Kier molecular flexibility index (Phi) is 4.04. The molecule has 0 unspecified atom stereocenters. The van der Waals surface area contributed by atoms with Crippen molar-refractivity contribution in [1.82, 2.24) is 10.2 Å². The summed E-state index contributed by atoms with van der Waals surface area (Å²) in [5.41, 5.74) is 0. The maximum Gasteiger partial charge on any atom is 0.0221 e. The summed E-state index contributed by atoms with van der Waals surface area (Å²) >= 11 is 0. The lowest BCUT2D eigenvalue weighted by molar-refractivity contribution is 0.253. The number of nitrogens with one attached hydrogen (secondary N) is 1. The van der Waals surface area contributed by atoms with Crippen LogP contribution < -0.4 is 5.32 Å². The number of hydrogen-bond donors (Lipinski definition) is 1. The highest BCUT2D eigenvalue weighted by atomic mass is 15.2. The van der Waals surface area contributed by atoms with Gasteiger partial charge in [0.25, 0.3) is 0 Å². The molecule has 1 heterocycles. The van der Waals surface area contributed by atoms with E-state index in [1.807, 2.05) is 0 Å². The van der Waals surface area contributed by atoms with Gasteiger partial charge in [0.1, 0.15) is 0 Å². The Hall–Kier alpha value is -0.0800. The van der Waals surface area contributed by atoms with Crippen molar-refractivity contribution in [2.45, 2.75) is 58.0 Å². The summed E-state index contributed by atoms with van der Waals surface area (Å²) < 4.78 is 0. The smallest absolute Gasteiger partial charge is 0.0221 e.